The van der Waals surface area contributed by atoms with Gasteiger partial charge in [-0.1, -0.05) is 64.7 Å². The summed E-state index contributed by atoms with van der Waals surface area (Å²) in [4.78, 5) is 0. The van der Waals surface area contributed by atoms with Gasteiger partial charge in [-0.15, -0.1) is 0 Å². The SMILES string of the molecule is CCCCC(CC)CC1Nc2ccccc2CC1C. The van der Waals surface area contributed by atoms with Gasteiger partial charge in [0, 0.05) is 11.7 Å². The second kappa shape index (κ2) is 6.98. The Balaban J connectivity index is 1.97. The number of hydrogen-bond acceptors (Lipinski definition) is 1. The average Bonchev–Trinajstić information content (AvgIpc) is 2.43. The summed E-state index contributed by atoms with van der Waals surface area (Å²) >= 11 is 0. The number of rotatable bonds is 6. The summed E-state index contributed by atoms with van der Waals surface area (Å²) in [5, 5.41) is 3.79. The molecule has 1 aliphatic heterocycles. The lowest BCUT2D eigenvalue weighted by atomic mass is 9.82. The fourth-order valence-corrected chi connectivity index (χ4v) is 3.30. The molecule has 0 radical (unpaired) electrons. The minimum absolute atomic E-state index is 0.664. The van der Waals surface area contributed by atoms with Crippen molar-refractivity contribution in [3.63, 3.8) is 0 Å². The van der Waals surface area contributed by atoms with Crippen molar-refractivity contribution in [2.75, 3.05) is 5.32 Å². The van der Waals surface area contributed by atoms with Crippen LogP contribution in [0.3, 0.4) is 0 Å². The molecule has 1 N–H and O–H groups in total. The third-order valence-corrected chi connectivity index (χ3v) is 4.72. The topological polar surface area (TPSA) is 12.0 Å². The average molecular weight is 259 g/mol. The highest BCUT2D eigenvalue weighted by atomic mass is 14.9. The first-order valence-electron chi connectivity index (χ1n) is 8.09. The van der Waals surface area contributed by atoms with Crippen LogP contribution in [0.5, 0.6) is 0 Å². The second-order valence-electron chi connectivity index (χ2n) is 6.24. The number of nitrogens with one attached hydrogen (secondary N) is 1. The Morgan fingerprint density at radius 2 is 2.05 bits per heavy atom. The molecular weight excluding hydrogens is 230 g/mol. The van der Waals surface area contributed by atoms with Gasteiger partial charge >= 0.3 is 0 Å². The van der Waals surface area contributed by atoms with Crippen LogP contribution < -0.4 is 5.32 Å². The Morgan fingerprint density at radius 3 is 2.79 bits per heavy atom. The molecule has 0 amide bonds. The summed E-state index contributed by atoms with van der Waals surface area (Å²) < 4.78 is 0. The molecule has 0 spiro atoms. The van der Waals surface area contributed by atoms with Crippen molar-refractivity contribution >= 4 is 5.69 Å². The first-order valence-corrected chi connectivity index (χ1v) is 8.09. The summed E-state index contributed by atoms with van der Waals surface area (Å²) in [5.41, 5.74) is 2.86. The number of anilines is 1. The Labute approximate surface area is 118 Å². The van der Waals surface area contributed by atoms with E-state index >= 15 is 0 Å². The minimum Gasteiger partial charge on any atom is -0.382 e. The minimum atomic E-state index is 0.664. The van der Waals surface area contributed by atoms with Gasteiger partial charge in [0.1, 0.15) is 0 Å². The molecule has 1 aliphatic rings. The van der Waals surface area contributed by atoms with E-state index in [9.17, 15) is 0 Å². The Morgan fingerprint density at radius 1 is 1.26 bits per heavy atom. The highest BCUT2D eigenvalue weighted by Crippen LogP contribution is 2.32. The van der Waals surface area contributed by atoms with Gasteiger partial charge in [-0.3, -0.25) is 0 Å². The number of para-hydroxylation sites is 1. The molecule has 1 nitrogen and oxygen atoms in total. The first kappa shape index (κ1) is 14.4. The largest absolute Gasteiger partial charge is 0.382 e. The van der Waals surface area contributed by atoms with Gasteiger partial charge in [-0.2, -0.15) is 0 Å². The number of benzene rings is 1. The van der Waals surface area contributed by atoms with E-state index in [1.807, 2.05) is 0 Å². The van der Waals surface area contributed by atoms with E-state index < -0.39 is 0 Å². The Bertz CT molecular complexity index is 385. The van der Waals surface area contributed by atoms with Gasteiger partial charge in [-0.25, -0.2) is 0 Å². The monoisotopic (exact) mass is 259 g/mol. The van der Waals surface area contributed by atoms with E-state index in [-0.39, 0.29) is 0 Å². The zero-order valence-corrected chi connectivity index (χ0v) is 12.8. The van der Waals surface area contributed by atoms with Crippen LogP contribution in [-0.4, -0.2) is 6.04 Å². The zero-order valence-electron chi connectivity index (χ0n) is 12.8. The van der Waals surface area contributed by atoms with E-state index in [4.69, 9.17) is 0 Å². The summed E-state index contributed by atoms with van der Waals surface area (Å²) in [7, 11) is 0. The van der Waals surface area contributed by atoms with Crippen LogP contribution in [0.15, 0.2) is 24.3 Å². The van der Waals surface area contributed by atoms with Crippen LogP contribution in [0, 0.1) is 11.8 Å². The first-order chi connectivity index (χ1) is 9.24. The predicted molar refractivity (Wildman–Crippen MR) is 84.6 cm³/mol. The van der Waals surface area contributed by atoms with Gasteiger partial charge in [0.05, 0.1) is 0 Å². The van der Waals surface area contributed by atoms with Crippen LogP contribution in [0.1, 0.15) is 58.4 Å². The summed E-state index contributed by atoms with van der Waals surface area (Å²) in [6.45, 7) is 7.05. The number of hydrogen-bond donors (Lipinski definition) is 1. The van der Waals surface area contributed by atoms with Crippen molar-refractivity contribution in [1.29, 1.82) is 0 Å². The summed E-state index contributed by atoms with van der Waals surface area (Å²) in [5.74, 6) is 1.65. The molecular formula is C18H29N. The van der Waals surface area contributed by atoms with Crippen molar-refractivity contribution in [3.8, 4) is 0 Å². The van der Waals surface area contributed by atoms with Crippen LogP contribution >= 0.6 is 0 Å². The lowest BCUT2D eigenvalue weighted by Gasteiger charge is -2.35. The molecule has 2 rings (SSSR count). The molecule has 1 aromatic carbocycles. The molecule has 1 heterocycles. The molecule has 0 aromatic heterocycles. The maximum absolute atomic E-state index is 3.79. The van der Waals surface area contributed by atoms with Crippen molar-refractivity contribution in [2.24, 2.45) is 11.8 Å². The lowest BCUT2D eigenvalue weighted by molar-refractivity contribution is 0.338. The third kappa shape index (κ3) is 3.75. The van der Waals surface area contributed by atoms with Crippen LogP contribution in [0.2, 0.25) is 0 Å². The fourth-order valence-electron chi connectivity index (χ4n) is 3.30. The van der Waals surface area contributed by atoms with Gasteiger partial charge in [0.25, 0.3) is 0 Å². The van der Waals surface area contributed by atoms with E-state index in [2.05, 4.69) is 50.4 Å². The summed E-state index contributed by atoms with van der Waals surface area (Å²) in [6, 6.07) is 9.47. The fraction of sp³-hybridized carbons (Fsp3) is 0.667. The van der Waals surface area contributed by atoms with Crippen LogP contribution in [0.4, 0.5) is 5.69 Å². The molecule has 1 heteroatoms. The van der Waals surface area contributed by atoms with Gasteiger partial charge < -0.3 is 5.32 Å². The maximum atomic E-state index is 3.79. The number of fused-ring (bicyclic) bond motifs is 1. The van der Waals surface area contributed by atoms with Gasteiger partial charge in [0.15, 0.2) is 0 Å². The van der Waals surface area contributed by atoms with Crippen LogP contribution in [0.25, 0.3) is 0 Å². The van der Waals surface area contributed by atoms with E-state index in [1.165, 1.54) is 49.8 Å². The maximum Gasteiger partial charge on any atom is 0.0375 e. The molecule has 106 valence electrons. The standard InChI is InChI=1S/C18H29N/c1-4-6-9-15(5-2)13-18-14(3)12-16-10-7-8-11-17(16)19-18/h7-8,10-11,14-15,18-19H,4-6,9,12-13H2,1-3H3. The van der Waals surface area contributed by atoms with Gasteiger partial charge in [0.2, 0.25) is 0 Å². The lowest BCUT2D eigenvalue weighted by Crippen LogP contribution is -2.35. The van der Waals surface area contributed by atoms with E-state index in [1.54, 1.807) is 0 Å². The van der Waals surface area contributed by atoms with Crippen molar-refractivity contribution in [3.05, 3.63) is 29.8 Å². The smallest absolute Gasteiger partial charge is 0.0375 e. The van der Waals surface area contributed by atoms with Gasteiger partial charge in [-0.05, 0) is 36.3 Å². The molecule has 3 atom stereocenters. The molecule has 1 aromatic rings. The highest BCUT2D eigenvalue weighted by Gasteiger charge is 2.26. The Hall–Kier alpha value is -0.980. The van der Waals surface area contributed by atoms with Crippen molar-refractivity contribution < 1.29 is 0 Å². The molecule has 3 unspecified atom stereocenters. The summed E-state index contributed by atoms with van der Waals surface area (Å²) in [6.07, 6.45) is 8.01. The molecule has 0 saturated heterocycles. The number of unbranched alkanes of at least 4 members (excludes halogenated alkanes) is 1. The predicted octanol–water partition coefficient (Wildman–Crippen LogP) is 5.27. The second-order valence-corrected chi connectivity index (χ2v) is 6.24. The molecule has 19 heavy (non-hydrogen) atoms. The molecule has 0 aliphatic carbocycles. The highest BCUT2D eigenvalue weighted by molar-refractivity contribution is 5.54. The van der Waals surface area contributed by atoms with Crippen molar-refractivity contribution in [2.45, 2.75) is 65.3 Å². The zero-order chi connectivity index (χ0) is 13.7. The molecule has 0 bridgehead atoms. The quantitative estimate of drug-likeness (QED) is 0.734. The van der Waals surface area contributed by atoms with E-state index in [0.717, 1.165) is 11.8 Å². The van der Waals surface area contributed by atoms with Crippen molar-refractivity contribution in [1.82, 2.24) is 0 Å². The van der Waals surface area contributed by atoms with E-state index in [0.29, 0.717) is 6.04 Å². The van der Waals surface area contributed by atoms with Crippen LogP contribution in [-0.2, 0) is 6.42 Å². The molecule has 0 saturated carbocycles. The Kier molecular flexibility index (Phi) is 5.30. The molecule has 0 fully saturated rings. The normalized spacial score (nSPS) is 23.5. The third-order valence-electron chi connectivity index (χ3n) is 4.72.